The van der Waals surface area contributed by atoms with E-state index in [2.05, 4.69) is 30.2 Å². The third-order valence-corrected chi connectivity index (χ3v) is 4.91. The normalized spacial score (nSPS) is 17.9. The van der Waals surface area contributed by atoms with Gasteiger partial charge in [0.2, 0.25) is 5.95 Å². The molecule has 1 saturated heterocycles. The first-order chi connectivity index (χ1) is 13.1. The first-order valence-corrected chi connectivity index (χ1v) is 8.50. The molecule has 10 heteroatoms. The van der Waals surface area contributed by atoms with Crippen molar-refractivity contribution in [3.63, 3.8) is 0 Å². The largest absolute Gasteiger partial charge is 0.477 e. The zero-order chi connectivity index (χ0) is 18.5. The predicted octanol–water partition coefficient (Wildman–Crippen LogP) is 1.68. The Morgan fingerprint density at radius 1 is 1.26 bits per heavy atom. The van der Waals surface area contributed by atoms with Crippen LogP contribution in [0.1, 0.15) is 16.9 Å². The van der Waals surface area contributed by atoms with Crippen LogP contribution in [0.4, 0.5) is 22.2 Å². The highest BCUT2D eigenvalue weighted by Gasteiger charge is 2.40. The minimum Gasteiger partial charge on any atom is -0.477 e. The lowest BCUT2D eigenvalue weighted by molar-refractivity contribution is 0.0690. The third kappa shape index (κ3) is 2.45. The molecule has 0 aromatic carbocycles. The molecule has 1 atom stereocenters. The molecule has 0 unspecified atom stereocenters. The van der Waals surface area contributed by atoms with Gasteiger partial charge in [0.15, 0.2) is 11.5 Å². The van der Waals surface area contributed by atoms with Gasteiger partial charge in [0.1, 0.15) is 0 Å². The van der Waals surface area contributed by atoms with Crippen LogP contribution in [-0.4, -0.2) is 56.2 Å². The molecule has 0 aliphatic carbocycles. The molecule has 5 heterocycles. The molecule has 0 saturated carbocycles. The van der Waals surface area contributed by atoms with Gasteiger partial charge in [-0.25, -0.2) is 24.5 Å². The number of nitrogens with zero attached hydrogens (tertiary/aromatic N) is 5. The summed E-state index contributed by atoms with van der Waals surface area (Å²) in [6.07, 6.45) is 4.13. The average Bonchev–Trinajstić information content (AvgIpc) is 3.29. The van der Waals surface area contributed by atoms with Crippen molar-refractivity contribution in [1.82, 2.24) is 19.9 Å². The summed E-state index contributed by atoms with van der Waals surface area (Å²) in [5.41, 5.74) is 2.12. The van der Waals surface area contributed by atoms with Crippen LogP contribution in [0.5, 0.6) is 0 Å². The molecule has 0 spiro atoms. The fraction of sp³-hybridized carbons (Fsp3) is 0.235. The minimum absolute atomic E-state index is 0.0787. The van der Waals surface area contributed by atoms with Crippen molar-refractivity contribution in [2.45, 2.75) is 12.5 Å². The number of hydrogen-bond donors (Lipinski definition) is 3. The second-order valence-electron chi connectivity index (χ2n) is 6.50. The molecule has 136 valence electrons. The molecule has 0 radical (unpaired) electrons. The summed E-state index contributed by atoms with van der Waals surface area (Å²) >= 11 is 0. The van der Waals surface area contributed by atoms with Crippen LogP contribution in [0.2, 0.25) is 0 Å². The summed E-state index contributed by atoms with van der Waals surface area (Å²) in [5.74, 6) is -0.598. The van der Waals surface area contributed by atoms with Gasteiger partial charge in [-0.2, -0.15) is 0 Å². The maximum atomic E-state index is 13.0. The lowest BCUT2D eigenvalue weighted by atomic mass is 10.2. The fourth-order valence-electron chi connectivity index (χ4n) is 3.65. The number of fused-ring (bicyclic) bond motifs is 5. The lowest BCUT2D eigenvalue weighted by Gasteiger charge is -2.35. The second-order valence-corrected chi connectivity index (χ2v) is 6.50. The summed E-state index contributed by atoms with van der Waals surface area (Å²) in [7, 11) is 0. The van der Waals surface area contributed by atoms with E-state index in [9.17, 15) is 14.7 Å². The van der Waals surface area contributed by atoms with E-state index in [0.717, 1.165) is 24.2 Å². The standard InChI is InChI=1S/C17H15N7O3/c25-15(26)11-1-2-13-14(20-11)24(9-4-6-23(13)8-9)17(27)22-16-19-7-12-10(21-16)3-5-18-12/h1-3,5,7,9,18H,4,6,8H2,(H,25,26)(H,19,21,22,27)/t9-/m0/s1. The van der Waals surface area contributed by atoms with Crippen LogP contribution in [0.15, 0.2) is 30.6 Å². The molecule has 2 bridgehead atoms. The maximum absolute atomic E-state index is 13.0. The van der Waals surface area contributed by atoms with Crippen molar-refractivity contribution in [3.8, 4) is 0 Å². The van der Waals surface area contributed by atoms with Crippen molar-refractivity contribution < 1.29 is 14.7 Å². The zero-order valence-corrected chi connectivity index (χ0v) is 14.1. The molecule has 10 nitrogen and oxygen atoms in total. The Bertz CT molecular complexity index is 1080. The Morgan fingerprint density at radius 3 is 3.00 bits per heavy atom. The number of amides is 2. The molecule has 2 amide bonds. The van der Waals surface area contributed by atoms with Crippen molar-refractivity contribution in [2.24, 2.45) is 0 Å². The van der Waals surface area contributed by atoms with E-state index in [1.807, 2.05) is 0 Å². The predicted molar refractivity (Wildman–Crippen MR) is 97.2 cm³/mol. The number of pyridine rings is 1. The molecule has 3 aromatic rings. The number of aromatic amines is 1. The molecular formula is C17H15N7O3. The van der Waals surface area contributed by atoms with E-state index in [1.54, 1.807) is 24.5 Å². The SMILES string of the molecule is O=C(O)c1ccc2c(n1)N(C(=O)Nc1ncc3[nH]ccc3n1)[C@H]1CCN2C1. The number of hydrogen-bond acceptors (Lipinski definition) is 6. The maximum Gasteiger partial charge on any atom is 0.354 e. The second kappa shape index (κ2) is 5.66. The zero-order valence-electron chi connectivity index (χ0n) is 14.1. The number of rotatable bonds is 2. The van der Waals surface area contributed by atoms with E-state index < -0.39 is 12.0 Å². The molecule has 1 fully saturated rings. The van der Waals surface area contributed by atoms with Crippen LogP contribution in [0.3, 0.4) is 0 Å². The van der Waals surface area contributed by atoms with Crippen molar-refractivity contribution in [2.75, 3.05) is 28.2 Å². The van der Waals surface area contributed by atoms with Crippen LogP contribution in [0, 0.1) is 0 Å². The van der Waals surface area contributed by atoms with E-state index in [-0.39, 0.29) is 17.7 Å². The Hall–Kier alpha value is -3.69. The lowest BCUT2D eigenvalue weighted by Crippen LogP contribution is -2.48. The smallest absolute Gasteiger partial charge is 0.354 e. The fourth-order valence-corrected chi connectivity index (χ4v) is 3.65. The van der Waals surface area contributed by atoms with Gasteiger partial charge >= 0.3 is 12.0 Å². The van der Waals surface area contributed by atoms with E-state index in [0.29, 0.717) is 17.9 Å². The number of aromatic carboxylic acids is 1. The number of urea groups is 1. The highest BCUT2D eigenvalue weighted by atomic mass is 16.4. The van der Waals surface area contributed by atoms with E-state index >= 15 is 0 Å². The number of anilines is 3. The minimum atomic E-state index is -1.13. The number of carboxylic acids is 1. The number of nitrogens with one attached hydrogen (secondary N) is 2. The molecule has 3 aromatic heterocycles. The quantitative estimate of drug-likeness (QED) is 0.630. The van der Waals surface area contributed by atoms with Gasteiger partial charge in [-0.3, -0.25) is 10.2 Å². The molecule has 5 rings (SSSR count). The number of H-pyrrole nitrogens is 1. The van der Waals surface area contributed by atoms with E-state index in [4.69, 9.17) is 0 Å². The highest BCUT2D eigenvalue weighted by molar-refractivity contribution is 6.04. The van der Waals surface area contributed by atoms with Gasteiger partial charge in [-0.1, -0.05) is 0 Å². The van der Waals surface area contributed by atoms with Crippen molar-refractivity contribution >= 4 is 40.5 Å². The number of carbonyl (C=O) groups excluding carboxylic acids is 1. The third-order valence-electron chi connectivity index (χ3n) is 4.91. The van der Waals surface area contributed by atoms with Crippen molar-refractivity contribution in [3.05, 3.63) is 36.3 Å². The van der Waals surface area contributed by atoms with Crippen molar-refractivity contribution in [1.29, 1.82) is 0 Å². The summed E-state index contributed by atoms with van der Waals surface area (Å²) in [6.45, 7) is 1.48. The molecule has 2 aliphatic heterocycles. The topological polar surface area (TPSA) is 127 Å². The Balaban J connectivity index is 1.51. The summed E-state index contributed by atoms with van der Waals surface area (Å²) in [5, 5.41) is 12.0. The molecule has 3 N–H and O–H groups in total. The number of aromatic nitrogens is 4. The Labute approximate surface area is 152 Å². The molecule has 2 aliphatic rings. The number of carbonyl (C=O) groups is 2. The summed E-state index contributed by atoms with van der Waals surface area (Å²) in [4.78, 5) is 43.6. The van der Waals surface area contributed by atoms with Crippen LogP contribution < -0.4 is 15.1 Å². The highest BCUT2D eigenvalue weighted by Crippen LogP contribution is 2.39. The first-order valence-electron chi connectivity index (χ1n) is 8.50. The Morgan fingerprint density at radius 2 is 2.15 bits per heavy atom. The van der Waals surface area contributed by atoms with Gasteiger partial charge < -0.3 is 15.0 Å². The van der Waals surface area contributed by atoms with Gasteiger partial charge in [0, 0.05) is 19.3 Å². The van der Waals surface area contributed by atoms with Gasteiger partial charge in [0.05, 0.1) is 29.0 Å². The van der Waals surface area contributed by atoms with Crippen LogP contribution >= 0.6 is 0 Å². The average molecular weight is 365 g/mol. The van der Waals surface area contributed by atoms with Gasteiger partial charge in [-0.05, 0) is 24.6 Å². The monoisotopic (exact) mass is 365 g/mol. The number of carboxylic acid groups (broad SMARTS) is 1. The summed E-state index contributed by atoms with van der Waals surface area (Å²) in [6, 6.07) is 4.45. The first kappa shape index (κ1) is 15.6. The van der Waals surface area contributed by atoms with E-state index in [1.165, 1.54) is 11.0 Å². The Kier molecular flexibility index (Phi) is 3.26. The van der Waals surface area contributed by atoms with Gasteiger partial charge in [-0.15, -0.1) is 0 Å². The van der Waals surface area contributed by atoms with Gasteiger partial charge in [0.25, 0.3) is 0 Å². The molecular weight excluding hydrogens is 350 g/mol. The van der Waals surface area contributed by atoms with Crippen LogP contribution in [-0.2, 0) is 0 Å². The molecule has 27 heavy (non-hydrogen) atoms. The van der Waals surface area contributed by atoms with Crippen LogP contribution in [0.25, 0.3) is 11.0 Å². The summed E-state index contributed by atoms with van der Waals surface area (Å²) < 4.78 is 0.